The zero-order chi connectivity index (χ0) is 10.7. The minimum Gasteiger partial charge on any atom is -0.392 e. The third kappa shape index (κ3) is 2.55. The molecule has 2 rings (SSSR count). The fourth-order valence-electron chi connectivity index (χ4n) is 2.20. The van der Waals surface area contributed by atoms with Crippen molar-refractivity contribution in [2.45, 2.75) is 44.4 Å². The van der Waals surface area contributed by atoms with E-state index in [9.17, 15) is 5.11 Å². The molecule has 3 atom stereocenters. The first-order valence-electron chi connectivity index (χ1n) is 5.61. The van der Waals surface area contributed by atoms with E-state index >= 15 is 0 Å². The minimum absolute atomic E-state index is 0.172. The van der Waals surface area contributed by atoms with E-state index in [0.29, 0.717) is 0 Å². The van der Waals surface area contributed by atoms with Gasteiger partial charge in [0.15, 0.2) is 0 Å². The summed E-state index contributed by atoms with van der Waals surface area (Å²) in [6.45, 7) is 2.13. The standard InChI is InChI=1S/C12H18N2O/c1-9(10-5-7-13-8-6-10)14-11-3-2-4-12(11)15/h5-9,11-12,14-15H,2-4H2,1H3/t9-,11?,12?/m1/s1. The molecule has 2 unspecified atom stereocenters. The second-order valence-electron chi connectivity index (χ2n) is 4.27. The number of aliphatic hydroxyl groups is 1. The number of aromatic nitrogens is 1. The molecular formula is C12H18N2O. The summed E-state index contributed by atoms with van der Waals surface area (Å²) in [5.41, 5.74) is 1.23. The Bertz CT molecular complexity index is 302. The van der Waals surface area contributed by atoms with Crippen molar-refractivity contribution in [2.75, 3.05) is 0 Å². The molecular weight excluding hydrogens is 188 g/mol. The van der Waals surface area contributed by atoms with Crippen molar-refractivity contribution in [3.63, 3.8) is 0 Å². The Morgan fingerprint density at radius 3 is 2.73 bits per heavy atom. The summed E-state index contributed by atoms with van der Waals surface area (Å²) >= 11 is 0. The average molecular weight is 206 g/mol. The topological polar surface area (TPSA) is 45.1 Å². The molecule has 1 aliphatic carbocycles. The highest BCUT2D eigenvalue weighted by molar-refractivity contribution is 5.14. The molecule has 3 heteroatoms. The van der Waals surface area contributed by atoms with Gasteiger partial charge in [-0.1, -0.05) is 0 Å². The normalized spacial score (nSPS) is 27.9. The van der Waals surface area contributed by atoms with E-state index in [4.69, 9.17) is 0 Å². The van der Waals surface area contributed by atoms with Crippen LogP contribution in [0.5, 0.6) is 0 Å². The van der Waals surface area contributed by atoms with Crippen LogP contribution >= 0.6 is 0 Å². The van der Waals surface area contributed by atoms with Crippen molar-refractivity contribution in [3.8, 4) is 0 Å². The highest BCUT2D eigenvalue weighted by atomic mass is 16.3. The zero-order valence-electron chi connectivity index (χ0n) is 9.06. The van der Waals surface area contributed by atoms with Crippen molar-refractivity contribution in [2.24, 2.45) is 0 Å². The monoisotopic (exact) mass is 206 g/mol. The summed E-state index contributed by atoms with van der Waals surface area (Å²) in [7, 11) is 0. The first kappa shape index (κ1) is 10.6. The molecule has 1 aromatic heterocycles. The van der Waals surface area contributed by atoms with Crippen LogP contribution in [0.4, 0.5) is 0 Å². The van der Waals surface area contributed by atoms with Gasteiger partial charge in [-0.05, 0) is 43.9 Å². The van der Waals surface area contributed by atoms with Crippen molar-refractivity contribution < 1.29 is 5.11 Å². The molecule has 0 aromatic carbocycles. The molecule has 0 spiro atoms. The number of rotatable bonds is 3. The van der Waals surface area contributed by atoms with Crippen LogP contribution in [0.15, 0.2) is 24.5 Å². The van der Waals surface area contributed by atoms with Crippen molar-refractivity contribution in [3.05, 3.63) is 30.1 Å². The van der Waals surface area contributed by atoms with Crippen LogP contribution in [0.1, 0.15) is 37.8 Å². The lowest BCUT2D eigenvalue weighted by atomic mass is 10.1. The van der Waals surface area contributed by atoms with E-state index in [2.05, 4.69) is 17.2 Å². The molecule has 0 bridgehead atoms. The minimum atomic E-state index is -0.172. The molecule has 1 heterocycles. The molecule has 1 aliphatic rings. The predicted molar refractivity (Wildman–Crippen MR) is 59.4 cm³/mol. The van der Waals surface area contributed by atoms with Gasteiger partial charge in [0.25, 0.3) is 0 Å². The summed E-state index contributed by atoms with van der Waals surface area (Å²) in [6.07, 6.45) is 6.57. The van der Waals surface area contributed by atoms with E-state index < -0.39 is 0 Å². The van der Waals surface area contributed by atoms with Crippen molar-refractivity contribution in [1.82, 2.24) is 10.3 Å². The number of hydrogen-bond donors (Lipinski definition) is 2. The maximum absolute atomic E-state index is 9.71. The molecule has 15 heavy (non-hydrogen) atoms. The Labute approximate surface area is 90.5 Å². The molecule has 0 radical (unpaired) electrons. The van der Waals surface area contributed by atoms with Gasteiger partial charge in [-0.2, -0.15) is 0 Å². The van der Waals surface area contributed by atoms with Crippen LogP contribution in [0.2, 0.25) is 0 Å². The Hall–Kier alpha value is -0.930. The molecule has 3 nitrogen and oxygen atoms in total. The lowest BCUT2D eigenvalue weighted by molar-refractivity contribution is 0.144. The Morgan fingerprint density at radius 1 is 1.40 bits per heavy atom. The maximum Gasteiger partial charge on any atom is 0.0693 e. The van der Waals surface area contributed by atoms with Crippen LogP contribution in [-0.2, 0) is 0 Å². The maximum atomic E-state index is 9.71. The number of pyridine rings is 1. The van der Waals surface area contributed by atoms with Gasteiger partial charge >= 0.3 is 0 Å². The van der Waals surface area contributed by atoms with E-state index in [0.717, 1.165) is 19.3 Å². The van der Waals surface area contributed by atoms with Crippen LogP contribution in [0.25, 0.3) is 0 Å². The van der Waals surface area contributed by atoms with Gasteiger partial charge in [-0.15, -0.1) is 0 Å². The van der Waals surface area contributed by atoms with Crippen LogP contribution in [0, 0.1) is 0 Å². The highest BCUT2D eigenvalue weighted by Gasteiger charge is 2.26. The third-order valence-corrected chi connectivity index (χ3v) is 3.15. The molecule has 82 valence electrons. The van der Waals surface area contributed by atoms with Gasteiger partial charge in [-0.25, -0.2) is 0 Å². The Morgan fingerprint density at radius 2 is 2.13 bits per heavy atom. The summed E-state index contributed by atoms with van der Waals surface area (Å²) in [5.74, 6) is 0. The summed E-state index contributed by atoms with van der Waals surface area (Å²) in [5, 5.41) is 13.2. The molecule has 0 saturated heterocycles. The molecule has 0 aliphatic heterocycles. The largest absolute Gasteiger partial charge is 0.392 e. The van der Waals surface area contributed by atoms with Gasteiger partial charge < -0.3 is 10.4 Å². The summed E-state index contributed by atoms with van der Waals surface area (Å²) in [6, 6.07) is 4.57. The molecule has 1 saturated carbocycles. The Kier molecular flexibility index (Phi) is 3.34. The van der Waals surface area contributed by atoms with Crippen molar-refractivity contribution in [1.29, 1.82) is 0 Å². The third-order valence-electron chi connectivity index (χ3n) is 3.15. The SMILES string of the molecule is C[C@@H](NC1CCCC1O)c1ccncc1. The van der Waals surface area contributed by atoms with Crippen LogP contribution < -0.4 is 5.32 Å². The van der Waals surface area contributed by atoms with E-state index in [1.807, 2.05) is 12.1 Å². The molecule has 1 fully saturated rings. The van der Waals surface area contributed by atoms with Crippen LogP contribution in [0.3, 0.4) is 0 Å². The average Bonchev–Trinajstić information content (AvgIpc) is 2.66. The van der Waals surface area contributed by atoms with Gasteiger partial charge in [0.2, 0.25) is 0 Å². The second-order valence-corrected chi connectivity index (χ2v) is 4.27. The fraction of sp³-hybridized carbons (Fsp3) is 0.583. The smallest absolute Gasteiger partial charge is 0.0693 e. The fourth-order valence-corrected chi connectivity index (χ4v) is 2.20. The number of nitrogens with one attached hydrogen (secondary N) is 1. The van der Waals surface area contributed by atoms with Crippen LogP contribution in [-0.4, -0.2) is 22.2 Å². The van der Waals surface area contributed by atoms with E-state index in [1.165, 1.54) is 5.56 Å². The summed E-state index contributed by atoms with van der Waals surface area (Å²) < 4.78 is 0. The molecule has 0 amide bonds. The molecule has 2 N–H and O–H groups in total. The second kappa shape index (κ2) is 4.73. The number of hydrogen-bond acceptors (Lipinski definition) is 3. The first-order valence-corrected chi connectivity index (χ1v) is 5.61. The highest BCUT2D eigenvalue weighted by Crippen LogP contribution is 2.22. The first-order chi connectivity index (χ1) is 7.27. The number of aliphatic hydroxyl groups excluding tert-OH is 1. The lowest BCUT2D eigenvalue weighted by Crippen LogP contribution is -2.37. The molecule has 1 aromatic rings. The Balaban J connectivity index is 1.95. The van der Waals surface area contributed by atoms with Gasteiger partial charge in [0.1, 0.15) is 0 Å². The van der Waals surface area contributed by atoms with Gasteiger partial charge in [-0.3, -0.25) is 4.98 Å². The quantitative estimate of drug-likeness (QED) is 0.790. The van der Waals surface area contributed by atoms with E-state index in [-0.39, 0.29) is 18.2 Å². The predicted octanol–water partition coefficient (Wildman–Crippen LogP) is 1.65. The zero-order valence-corrected chi connectivity index (χ0v) is 9.06. The van der Waals surface area contributed by atoms with E-state index in [1.54, 1.807) is 12.4 Å². The van der Waals surface area contributed by atoms with Gasteiger partial charge in [0.05, 0.1) is 6.10 Å². The summed E-state index contributed by atoms with van der Waals surface area (Å²) in [4.78, 5) is 4.00. The number of nitrogens with zero attached hydrogens (tertiary/aromatic N) is 1. The van der Waals surface area contributed by atoms with Crippen molar-refractivity contribution >= 4 is 0 Å². The van der Waals surface area contributed by atoms with Gasteiger partial charge in [0, 0.05) is 24.5 Å². The lowest BCUT2D eigenvalue weighted by Gasteiger charge is -2.22.